The van der Waals surface area contributed by atoms with Crippen LogP contribution in [0.4, 0.5) is 0 Å². The van der Waals surface area contributed by atoms with Crippen molar-refractivity contribution in [3.05, 3.63) is 71.8 Å². The van der Waals surface area contributed by atoms with Crippen molar-refractivity contribution in [3.8, 4) is 0 Å². The summed E-state index contributed by atoms with van der Waals surface area (Å²) in [5, 5.41) is 0. The largest absolute Gasteiger partial charge is 0.358 e. The highest BCUT2D eigenvalue weighted by atomic mass is 16.6. The number of carbonyl (C=O) groups is 1. The molecule has 0 amide bonds. The third-order valence-electron chi connectivity index (χ3n) is 6.15. The van der Waals surface area contributed by atoms with Gasteiger partial charge < -0.3 is 4.74 Å². The number of carbonyl (C=O) groups excluding carboxylic acids is 1. The molecule has 0 N–H and O–H groups in total. The first-order valence-corrected chi connectivity index (χ1v) is 10.2. The maximum atomic E-state index is 13.2. The quantitative estimate of drug-likeness (QED) is 0.666. The van der Waals surface area contributed by atoms with Gasteiger partial charge in [-0.2, -0.15) is 0 Å². The van der Waals surface area contributed by atoms with Crippen molar-refractivity contribution in [1.82, 2.24) is 4.90 Å². The van der Waals surface area contributed by atoms with Crippen LogP contribution in [0.3, 0.4) is 0 Å². The lowest BCUT2D eigenvalue weighted by atomic mass is 9.84. The van der Waals surface area contributed by atoms with Crippen LogP contribution in [0.2, 0.25) is 0 Å². The van der Waals surface area contributed by atoms with Crippen LogP contribution in [0.1, 0.15) is 50.2 Å². The maximum Gasteiger partial charge on any atom is 0.181 e. The van der Waals surface area contributed by atoms with E-state index in [1.807, 2.05) is 19.1 Å². The van der Waals surface area contributed by atoms with Gasteiger partial charge in [0.2, 0.25) is 0 Å². The third-order valence-corrected chi connectivity index (χ3v) is 6.15. The second-order valence-electron chi connectivity index (χ2n) is 8.08. The van der Waals surface area contributed by atoms with Gasteiger partial charge in [-0.25, -0.2) is 0 Å². The summed E-state index contributed by atoms with van der Waals surface area (Å²) in [6.07, 6.45) is 5.56. The summed E-state index contributed by atoms with van der Waals surface area (Å²) in [6.45, 7) is 3.58. The van der Waals surface area contributed by atoms with E-state index < -0.39 is 0 Å². The van der Waals surface area contributed by atoms with Crippen LogP contribution in [-0.2, 0) is 22.6 Å². The molecule has 3 nitrogen and oxygen atoms in total. The average molecular weight is 364 g/mol. The van der Waals surface area contributed by atoms with Gasteiger partial charge in [0.1, 0.15) is 11.7 Å². The standard InChI is InChI=1S/C24H29NO2/c1-19(22(26)23-24(27-23)15-9-4-10-16-24)25(17-20-11-5-2-6-12-20)18-21-13-7-3-8-14-21/h2-3,5-8,11-14,19,23H,4,9-10,15-18H2,1H3/t19?,23-/m1/s1. The average Bonchev–Trinajstić information content (AvgIpc) is 3.41. The second-order valence-corrected chi connectivity index (χ2v) is 8.08. The van der Waals surface area contributed by atoms with E-state index in [0.717, 1.165) is 25.9 Å². The Hall–Kier alpha value is -1.97. The molecule has 2 aromatic carbocycles. The number of ketones is 1. The third kappa shape index (κ3) is 4.15. The fourth-order valence-corrected chi connectivity index (χ4v) is 4.41. The molecule has 1 aliphatic carbocycles. The van der Waals surface area contributed by atoms with E-state index in [-0.39, 0.29) is 23.5 Å². The summed E-state index contributed by atoms with van der Waals surface area (Å²) in [6, 6.07) is 20.7. The Labute approximate surface area is 162 Å². The first-order chi connectivity index (χ1) is 13.2. The zero-order valence-electron chi connectivity index (χ0n) is 16.1. The van der Waals surface area contributed by atoms with Crippen LogP contribution >= 0.6 is 0 Å². The minimum absolute atomic E-state index is 0.130. The highest BCUT2D eigenvalue weighted by Crippen LogP contribution is 2.49. The van der Waals surface area contributed by atoms with Gasteiger partial charge in [0.15, 0.2) is 5.78 Å². The molecule has 2 aromatic rings. The molecule has 1 saturated heterocycles. The lowest BCUT2D eigenvalue weighted by Gasteiger charge is -2.29. The summed E-state index contributed by atoms with van der Waals surface area (Å²) in [7, 11) is 0. The summed E-state index contributed by atoms with van der Waals surface area (Å²) >= 11 is 0. The van der Waals surface area contributed by atoms with Crippen molar-refractivity contribution < 1.29 is 9.53 Å². The first-order valence-electron chi connectivity index (χ1n) is 10.2. The first kappa shape index (κ1) is 18.4. The molecule has 0 aromatic heterocycles. The molecule has 2 aliphatic rings. The molecule has 1 heterocycles. The van der Waals surface area contributed by atoms with Gasteiger partial charge in [-0.15, -0.1) is 0 Å². The number of rotatable bonds is 7. The monoisotopic (exact) mass is 363 g/mol. The molecule has 27 heavy (non-hydrogen) atoms. The van der Waals surface area contributed by atoms with Crippen LogP contribution in [0.25, 0.3) is 0 Å². The number of epoxide rings is 1. The van der Waals surface area contributed by atoms with Gasteiger partial charge in [0.25, 0.3) is 0 Å². The van der Waals surface area contributed by atoms with E-state index in [1.165, 1.54) is 30.4 Å². The molecule has 1 aliphatic heterocycles. The summed E-state index contributed by atoms with van der Waals surface area (Å²) in [5.74, 6) is 0.253. The molecule has 0 radical (unpaired) electrons. The van der Waals surface area contributed by atoms with Crippen molar-refractivity contribution >= 4 is 5.78 Å². The Morgan fingerprint density at radius 3 is 2.00 bits per heavy atom. The molecule has 1 saturated carbocycles. The number of hydrogen-bond donors (Lipinski definition) is 0. The number of nitrogens with zero attached hydrogens (tertiary/aromatic N) is 1. The molecule has 1 spiro atoms. The molecule has 2 atom stereocenters. The zero-order valence-corrected chi connectivity index (χ0v) is 16.1. The van der Waals surface area contributed by atoms with E-state index in [9.17, 15) is 4.79 Å². The minimum atomic E-state index is -0.193. The normalized spacial score (nSPS) is 21.9. The molecule has 142 valence electrons. The maximum absolute atomic E-state index is 13.2. The Balaban J connectivity index is 1.49. The smallest absolute Gasteiger partial charge is 0.181 e. The fraction of sp³-hybridized carbons (Fsp3) is 0.458. The molecule has 1 unspecified atom stereocenters. The molecule has 0 bridgehead atoms. The van der Waals surface area contributed by atoms with Crippen molar-refractivity contribution in [2.75, 3.05) is 0 Å². The highest BCUT2D eigenvalue weighted by molar-refractivity contribution is 5.91. The van der Waals surface area contributed by atoms with Gasteiger partial charge >= 0.3 is 0 Å². The van der Waals surface area contributed by atoms with Crippen LogP contribution in [0.5, 0.6) is 0 Å². The van der Waals surface area contributed by atoms with E-state index in [2.05, 4.69) is 53.4 Å². The predicted octanol–water partition coefficient (Wildman–Crippen LogP) is 4.75. The highest BCUT2D eigenvalue weighted by Gasteiger charge is 2.60. The van der Waals surface area contributed by atoms with E-state index in [0.29, 0.717) is 0 Å². The molecular weight excluding hydrogens is 334 g/mol. The van der Waals surface area contributed by atoms with E-state index >= 15 is 0 Å². The van der Waals surface area contributed by atoms with E-state index in [4.69, 9.17) is 4.74 Å². The summed E-state index contributed by atoms with van der Waals surface area (Å²) in [5.41, 5.74) is 2.34. The van der Waals surface area contributed by atoms with Crippen LogP contribution in [0, 0.1) is 0 Å². The Morgan fingerprint density at radius 1 is 0.963 bits per heavy atom. The number of hydrogen-bond acceptors (Lipinski definition) is 3. The van der Waals surface area contributed by atoms with Gasteiger partial charge in [0.05, 0.1) is 6.04 Å². The topological polar surface area (TPSA) is 32.8 Å². The summed E-state index contributed by atoms with van der Waals surface area (Å²) < 4.78 is 6.00. The van der Waals surface area contributed by atoms with Crippen LogP contribution in [-0.4, -0.2) is 28.4 Å². The van der Waals surface area contributed by atoms with Crippen LogP contribution < -0.4 is 0 Å². The number of Topliss-reactive ketones (excluding diaryl/α,β-unsaturated/α-hetero) is 1. The number of benzene rings is 2. The zero-order chi connectivity index (χ0) is 18.7. The molecule has 2 fully saturated rings. The van der Waals surface area contributed by atoms with Crippen molar-refractivity contribution in [2.24, 2.45) is 0 Å². The van der Waals surface area contributed by atoms with Crippen molar-refractivity contribution in [3.63, 3.8) is 0 Å². The van der Waals surface area contributed by atoms with Gasteiger partial charge in [-0.05, 0) is 30.9 Å². The lowest BCUT2D eigenvalue weighted by molar-refractivity contribution is -0.125. The Kier molecular flexibility index (Phi) is 5.42. The Bertz CT molecular complexity index is 711. The van der Waals surface area contributed by atoms with E-state index in [1.54, 1.807) is 0 Å². The fourth-order valence-electron chi connectivity index (χ4n) is 4.41. The van der Waals surface area contributed by atoms with Crippen molar-refractivity contribution in [1.29, 1.82) is 0 Å². The molecule has 4 rings (SSSR count). The Morgan fingerprint density at radius 2 is 1.48 bits per heavy atom. The second kappa shape index (κ2) is 7.95. The summed E-state index contributed by atoms with van der Waals surface area (Å²) in [4.78, 5) is 15.5. The van der Waals surface area contributed by atoms with Gasteiger partial charge in [-0.1, -0.05) is 79.9 Å². The number of ether oxygens (including phenoxy) is 1. The van der Waals surface area contributed by atoms with Crippen LogP contribution in [0.15, 0.2) is 60.7 Å². The van der Waals surface area contributed by atoms with Crippen molar-refractivity contribution in [2.45, 2.75) is 69.9 Å². The minimum Gasteiger partial charge on any atom is -0.358 e. The van der Waals surface area contributed by atoms with Gasteiger partial charge in [0, 0.05) is 13.1 Å². The lowest BCUT2D eigenvalue weighted by Crippen LogP contribution is -2.42. The SMILES string of the molecule is CC(C(=O)[C@H]1OC12CCCCC2)N(Cc1ccccc1)Cc1ccccc1. The predicted molar refractivity (Wildman–Crippen MR) is 107 cm³/mol. The van der Waals surface area contributed by atoms with Gasteiger partial charge in [-0.3, -0.25) is 9.69 Å². The molecule has 3 heteroatoms. The molecular formula is C24H29NO2.